The summed E-state index contributed by atoms with van der Waals surface area (Å²) in [7, 11) is 0. The molecule has 6 bridgehead atoms. The Kier molecular flexibility index (Phi) is 43.7. The van der Waals surface area contributed by atoms with Crippen molar-refractivity contribution in [1.82, 2.24) is 0 Å². The fourth-order valence-electron chi connectivity index (χ4n) is 19.8. The van der Waals surface area contributed by atoms with Crippen LogP contribution < -0.4 is 0 Å². The summed E-state index contributed by atoms with van der Waals surface area (Å²) in [5.74, 6) is 10.2. The first-order valence-corrected chi connectivity index (χ1v) is 43.2. The smallest absolute Gasteiger partial charge is 0.00441 e. The highest BCUT2D eigenvalue weighted by Gasteiger charge is 2.46. The average Bonchev–Trinajstić information content (AvgIpc) is 1.63. The van der Waals surface area contributed by atoms with Crippen molar-refractivity contribution in [2.45, 2.75) is 405 Å². The monoisotopic (exact) mass is 1550 g/mol. The number of aryl methyl sites for hydroxylation is 15. The van der Waals surface area contributed by atoms with Crippen molar-refractivity contribution in [1.29, 1.82) is 0 Å². The lowest BCUT2D eigenvalue weighted by Gasteiger charge is -2.27. The molecule has 8 aromatic carbocycles. The van der Waals surface area contributed by atoms with Crippen molar-refractivity contribution in [2.24, 2.45) is 29.6 Å². The van der Waals surface area contributed by atoms with Crippen LogP contribution in [0.4, 0.5) is 0 Å². The van der Waals surface area contributed by atoms with Gasteiger partial charge in [0.1, 0.15) is 0 Å². The van der Waals surface area contributed by atoms with Crippen LogP contribution >= 0.6 is 0 Å². The molecule has 634 valence electrons. The molecule has 0 aliphatic heterocycles. The molecule has 9 aliphatic carbocycles. The maximum atomic E-state index is 2.43. The maximum absolute atomic E-state index is 2.43. The standard InChI is InChI=1S/2C15H20.C14H18.C14H20.C13H18.C12H16.C12H18.C11H16.8CH4/c1-10-3-5-13(7-11(10)2)15-9-12-4-6-14(15)8-12;1-10-3-4-11(2)14(7-10)15-9-12-5-6-13(15)8-12;1-11-2-4-13(5-3-11)14-8-6-12(10-14)7-9-14;1-11-8-9-14(10-12(11)2)13-6-4-3-5-7-13;1-10-7-8-13(9-11(10)2)12-5-3-4-6-12;1-9-6-7-12(8-10(9)2)11-4-3-5-11;1-9-6-7-11(8-10(9)2)12(3,4)5;1-8(2)11-6-5-9(3)10(4)7-11;;;;;;;;/h3,5,7,12,14-15H,4,6,8-9H2,1-2H3;3-4,7,12-13,15H,5-6,8-9H2,1-2H3;2-5,12H,6-10H2,1H3;8-10,13H,3-7H2,1-2H3;7-9,12H,3-6H2,1-2H3;6-8,11H,3-5H2,1-2H3;6-8H,1-5H3;5-8H,1-4H3;8*1H4. The summed E-state index contributed by atoms with van der Waals surface area (Å²) >= 11 is 0. The maximum Gasteiger partial charge on any atom is -0.00441 e. The van der Waals surface area contributed by atoms with Crippen molar-refractivity contribution >= 4 is 0 Å². The van der Waals surface area contributed by atoms with Gasteiger partial charge in [-0.3, -0.25) is 0 Å². The normalized spacial score (nSPS) is 21.6. The third-order valence-electron chi connectivity index (χ3n) is 28.3. The Hall–Kier alpha value is -6.24. The van der Waals surface area contributed by atoms with Gasteiger partial charge in [0, 0.05) is 0 Å². The van der Waals surface area contributed by atoms with E-state index in [0.717, 1.165) is 59.2 Å². The largest absolute Gasteiger partial charge is 0.0776 e. The molecule has 0 amide bonds. The second-order valence-corrected chi connectivity index (χ2v) is 37.6. The van der Waals surface area contributed by atoms with Crippen LogP contribution in [0.25, 0.3) is 0 Å². The molecule has 0 aromatic heterocycles. The second-order valence-electron chi connectivity index (χ2n) is 37.6. The van der Waals surface area contributed by atoms with Crippen molar-refractivity contribution in [3.63, 3.8) is 0 Å². The highest BCUT2D eigenvalue weighted by Crippen LogP contribution is 2.56. The minimum Gasteiger partial charge on any atom is -0.0776 e. The molecule has 9 fully saturated rings. The molecule has 9 aliphatic rings. The third-order valence-corrected chi connectivity index (χ3v) is 28.3. The van der Waals surface area contributed by atoms with Gasteiger partial charge in [-0.25, -0.2) is 0 Å². The molecule has 6 unspecified atom stereocenters. The number of benzene rings is 8. The molecule has 0 radical (unpaired) electrons. The Labute approximate surface area is 709 Å². The molecule has 0 spiro atoms. The van der Waals surface area contributed by atoms with E-state index in [0.29, 0.717) is 11.3 Å². The summed E-state index contributed by atoms with van der Waals surface area (Å²) in [6.07, 6.45) is 36.3. The lowest BCUT2D eigenvalue weighted by atomic mass is 9.77. The molecule has 0 heterocycles. The molecule has 0 saturated heterocycles. The van der Waals surface area contributed by atoms with E-state index in [4.69, 9.17) is 0 Å². The van der Waals surface area contributed by atoms with Gasteiger partial charge < -0.3 is 0 Å². The first kappa shape index (κ1) is 104. The van der Waals surface area contributed by atoms with Crippen LogP contribution in [0.15, 0.2) is 152 Å². The zero-order valence-corrected chi connectivity index (χ0v) is 71.0. The molecule has 114 heavy (non-hydrogen) atoms. The molecule has 8 aromatic rings. The van der Waals surface area contributed by atoms with E-state index < -0.39 is 0 Å². The van der Waals surface area contributed by atoms with Gasteiger partial charge in [0.05, 0.1) is 0 Å². The van der Waals surface area contributed by atoms with Gasteiger partial charge in [-0.1, -0.05) is 308 Å². The van der Waals surface area contributed by atoms with Crippen molar-refractivity contribution in [3.05, 3.63) is 280 Å². The van der Waals surface area contributed by atoms with Crippen LogP contribution in [0.2, 0.25) is 0 Å². The lowest BCUT2D eigenvalue weighted by molar-refractivity contribution is 0.418. The number of rotatable bonds is 7. The minimum atomic E-state index is 0. The van der Waals surface area contributed by atoms with Gasteiger partial charge in [-0.05, 0) is 406 Å². The van der Waals surface area contributed by atoms with Crippen LogP contribution in [-0.4, -0.2) is 0 Å². The summed E-state index contributed by atoms with van der Waals surface area (Å²) in [5.41, 5.74) is 34.7. The van der Waals surface area contributed by atoms with E-state index in [1.165, 1.54) is 255 Å². The van der Waals surface area contributed by atoms with E-state index in [-0.39, 0.29) is 64.8 Å². The van der Waals surface area contributed by atoms with E-state index in [9.17, 15) is 0 Å². The summed E-state index contributed by atoms with van der Waals surface area (Å²) in [6, 6.07) is 57.6. The Morgan fingerprint density at radius 2 is 0.649 bits per heavy atom. The first-order chi connectivity index (χ1) is 50.6. The van der Waals surface area contributed by atoms with E-state index >= 15 is 0 Å². The Bertz CT molecular complexity index is 4070. The topological polar surface area (TPSA) is 0 Å². The van der Waals surface area contributed by atoms with E-state index in [1.807, 2.05) is 0 Å². The molecular weight excluding hydrogens is 1370 g/mol. The Morgan fingerprint density at radius 1 is 0.289 bits per heavy atom. The van der Waals surface area contributed by atoms with Gasteiger partial charge in [-0.2, -0.15) is 0 Å². The molecule has 6 atom stereocenters. The van der Waals surface area contributed by atoms with E-state index in [1.54, 1.807) is 33.4 Å². The fraction of sp³-hybridized carbons (Fsp3) is 0.579. The lowest BCUT2D eigenvalue weighted by Crippen LogP contribution is -2.19. The van der Waals surface area contributed by atoms with Crippen LogP contribution in [-0.2, 0) is 10.8 Å². The number of fused-ring (bicyclic) bond motifs is 6. The van der Waals surface area contributed by atoms with Gasteiger partial charge >= 0.3 is 0 Å². The van der Waals surface area contributed by atoms with E-state index in [2.05, 4.69) is 290 Å². The predicted octanol–water partition coefficient (Wildman–Crippen LogP) is 36.2. The summed E-state index contributed by atoms with van der Waals surface area (Å²) in [6.45, 7) is 44.2. The van der Waals surface area contributed by atoms with Crippen molar-refractivity contribution < 1.29 is 0 Å². The first-order valence-electron chi connectivity index (χ1n) is 43.2. The van der Waals surface area contributed by atoms with Crippen molar-refractivity contribution in [2.75, 3.05) is 0 Å². The van der Waals surface area contributed by atoms with Crippen LogP contribution in [0.3, 0.4) is 0 Å². The summed E-state index contributed by atoms with van der Waals surface area (Å²) in [5, 5.41) is 0. The highest BCUT2D eigenvalue weighted by atomic mass is 14.5. The van der Waals surface area contributed by atoms with Crippen LogP contribution in [0.1, 0.15) is 418 Å². The molecule has 0 N–H and O–H groups in total. The SMILES string of the molecule is C.C.C.C.C.C.C.C.Cc1ccc(C(C)(C)C)cc1C.Cc1ccc(C(C)C)cc1C.Cc1ccc(C)c(C2CC3CCC2C3)c1.Cc1ccc(C23CCC(CC2)C3)cc1.Cc1ccc(C2CC3CCC2C3)cc1C.Cc1ccc(C2CCC2)cc1C.Cc1ccc(C2CCCC2)cc1C.Cc1ccc(C2CCCCC2)cc1C. The molecular formula is C114H178. The molecule has 9 saturated carbocycles. The second kappa shape index (κ2) is 48.0. The van der Waals surface area contributed by atoms with Gasteiger partial charge in [0.2, 0.25) is 0 Å². The summed E-state index contributed by atoms with van der Waals surface area (Å²) < 4.78 is 0. The zero-order valence-electron chi connectivity index (χ0n) is 71.0. The quantitative estimate of drug-likeness (QED) is 0.149. The molecule has 0 nitrogen and oxygen atoms in total. The van der Waals surface area contributed by atoms with Crippen LogP contribution in [0, 0.1) is 133 Å². The Morgan fingerprint density at radius 3 is 1.00 bits per heavy atom. The van der Waals surface area contributed by atoms with Gasteiger partial charge in [0.25, 0.3) is 0 Å². The third kappa shape index (κ3) is 28.2. The number of hydrogen-bond acceptors (Lipinski definition) is 0. The molecule has 0 heteroatoms. The zero-order chi connectivity index (χ0) is 76.0. The van der Waals surface area contributed by atoms with Crippen LogP contribution in [0.5, 0.6) is 0 Å². The van der Waals surface area contributed by atoms with Gasteiger partial charge in [0.15, 0.2) is 0 Å². The minimum absolute atomic E-state index is 0. The fourth-order valence-corrected chi connectivity index (χ4v) is 19.8. The summed E-state index contributed by atoms with van der Waals surface area (Å²) in [4.78, 5) is 0. The van der Waals surface area contributed by atoms with Gasteiger partial charge in [-0.15, -0.1) is 0 Å². The highest BCUT2D eigenvalue weighted by molar-refractivity contribution is 5.40. The predicted molar refractivity (Wildman–Crippen MR) is 517 cm³/mol. The number of hydrogen-bond donors (Lipinski definition) is 0. The van der Waals surface area contributed by atoms with Crippen molar-refractivity contribution in [3.8, 4) is 0 Å². The molecule has 17 rings (SSSR count). The Balaban J connectivity index is 0.000000439. The average molecular weight is 1550 g/mol.